The molecule has 14 rings (SSSR count). The van der Waals surface area contributed by atoms with E-state index in [1.165, 1.54) is 71.1 Å². The van der Waals surface area contributed by atoms with Crippen LogP contribution >= 0.6 is 0 Å². The van der Waals surface area contributed by atoms with Crippen molar-refractivity contribution >= 4 is 70.6 Å². The van der Waals surface area contributed by atoms with Gasteiger partial charge in [-0.2, -0.15) is 0 Å². The molecule has 2 unspecified atom stereocenters. The zero-order valence-corrected chi connectivity index (χ0v) is 35.9. The van der Waals surface area contributed by atoms with Gasteiger partial charge in [0.25, 0.3) is 0 Å². The molecule has 0 saturated heterocycles. The van der Waals surface area contributed by atoms with Crippen LogP contribution in [0.2, 0.25) is 0 Å². The minimum absolute atomic E-state index is 0.175. The molecular weight excluding hydrogens is 799 g/mol. The van der Waals surface area contributed by atoms with Gasteiger partial charge in [-0.3, -0.25) is 0 Å². The van der Waals surface area contributed by atoms with Crippen molar-refractivity contribution in [1.29, 1.82) is 0 Å². The molecular formula is C63H39N3. The quantitative estimate of drug-likeness (QED) is 0.166. The molecule has 0 amide bonds. The molecule has 9 aromatic carbocycles. The molecule has 2 aliphatic rings. The lowest BCUT2D eigenvalue weighted by atomic mass is 9.68. The Kier molecular flexibility index (Phi) is 8.11. The van der Waals surface area contributed by atoms with E-state index in [4.69, 9.17) is 15.0 Å². The van der Waals surface area contributed by atoms with Gasteiger partial charge in [0, 0.05) is 49.9 Å². The summed E-state index contributed by atoms with van der Waals surface area (Å²) >= 11 is 0. The van der Waals surface area contributed by atoms with E-state index in [1.54, 1.807) is 0 Å². The first-order chi connectivity index (χ1) is 32.7. The van der Waals surface area contributed by atoms with Gasteiger partial charge in [-0.25, -0.2) is 15.0 Å². The Balaban J connectivity index is 0.865. The minimum Gasteiger partial charge on any atom is -0.247 e. The SMILES string of the molecule is C1=CC2c3ccc(-c4cccc(-c5nc6ccccc6c6c7ccccc7c7ccccc7c56)c4)cc3-c3ccccc3C2C=C1c1ccc2ccc3ccc(-c4ccccc4)nc3c2n1. The van der Waals surface area contributed by atoms with Crippen LogP contribution in [0.25, 0.3) is 115 Å². The zero-order chi connectivity index (χ0) is 43.3. The number of hydrogen-bond donors (Lipinski definition) is 0. The maximum absolute atomic E-state index is 5.46. The Labute approximate surface area is 381 Å². The van der Waals surface area contributed by atoms with Gasteiger partial charge >= 0.3 is 0 Å². The fourth-order valence-corrected chi connectivity index (χ4v) is 11.1. The van der Waals surface area contributed by atoms with Gasteiger partial charge in [0.1, 0.15) is 0 Å². The van der Waals surface area contributed by atoms with Crippen molar-refractivity contribution in [2.24, 2.45) is 0 Å². The monoisotopic (exact) mass is 837 g/mol. The van der Waals surface area contributed by atoms with Crippen molar-refractivity contribution in [2.45, 2.75) is 11.8 Å². The predicted molar refractivity (Wildman–Crippen MR) is 276 cm³/mol. The van der Waals surface area contributed by atoms with E-state index in [1.807, 2.05) is 6.07 Å². The largest absolute Gasteiger partial charge is 0.247 e. The average Bonchev–Trinajstić information content (AvgIpc) is 3.40. The normalized spacial score (nSPS) is 15.3. The molecule has 2 aliphatic carbocycles. The van der Waals surface area contributed by atoms with Crippen LogP contribution in [0.5, 0.6) is 0 Å². The standard InChI is InChI=1S/C63H39N3/c1-2-13-38(14-3-1)56-33-29-39-25-26-40-30-34-57(65-63(40)62(39)64-56)43-28-32-50-49-31-27-42(36-54(49)47-19-4-5-20-48(47)55(50)37-43)41-15-12-16-44(35-41)61-60-52-22-9-7-18-46(52)45-17-6-8-21-51(45)59(60)53-23-10-11-24-58(53)66-61/h1-37,50,55H. The summed E-state index contributed by atoms with van der Waals surface area (Å²) in [4.78, 5) is 16.0. The second-order valence-corrected chi connectivity index (χ2v) is 17.8. The number of pyridine rings is 3. The summed E-state index contributed by atoms with van der Waals surface area (Å²) in [6.07, 6.45) is 7.13. The summed E-state index contributed by atoms with van der Waals surface area (Å²) in [6, 6.07) is 74.6. The molecule has 2 atom stereocenters. The van der Waals surface area contributed by atoms with E-state index >= 15 is 0 Å². The third-order valence-corrected chi connectivity index (χ3v) is 14.2. The van der Waals surface area contributed by atoms with Crippen LogP contribution in [-0.4, -0.2) is 15.0 Å². The molecule has 0 aliphatic heterocycles. The third-order valence-electron chi connectivity index (χ3n) is 14.2. The number of hydrogen-bond acceptors (Lipinski definition) is 3. The van der Waals surface area contributed by atoms with Gasteiger partial charge in [0.2, 0.25) is 0 Å². The van der Waals surface area contributed by atoms with Crippen LogP contribution in [0.15, 0.2) is 224 Å². The Bertz CT molecular complexity index is 4070. The summed E-state index contributed by atoms with van der Waals surface area (Å²) in [5.74, 6) is 0.376. The van der Waals surface area contributed by atoms with Crippen molar-refractivity contribution in [2.75, 3.05) is 0 Å². The van der Waals surface area contributed by atoms with Crippen molar-refractivity contribution in [1.82, 2.24) is 15.0 Å². The highest BCUT2D eigenvalue weighted by Gasteiger charge is 2.33. The lowest BCUT2D eigenvalue weighted by Crippen LogP contribution is -2.17. The molecule has 3 nitrogen and oxygen atoms in total. The molecule has 0 spiro atoms. The summed E-state index contributed by atoms with van der Waals surface area (Å²) in [5, 5.41) is 10.8. The van der Waals surface area contributed by atoms with Crippen LogP contribution in [-0.2, 0) is 0 Å². The fourth-order valence-electron chi connectivity index (χ4n) is 11.1. The summed E-state index contributed by atoms with van der Waals surface area (Å²) in [5.41, 5.74) is 16.8. The number of nitrogens with zero attached hydrogens (tertiary/aromatic N) is 3. The highest BCUT2D eigenvalue weighted by molar-refractivity contribution is 6.33. The lowest BCUT2D eigenvalue weighted by molar-refractivity contribution is 0.722. The van der Waals surface area contributed by atoms with Crippen LogP contribution in [0.3, 0.4) is 0 Å². The molecule has 306 valence electrons. The Hall–Kier alpha value is -8.53. The highest BCUT2D eigenvalue weighted by Crippen LogP contribution is 2.52. The smallest absolute Gasteiger partial charge is 0.0972 e. The summed E-state index contributed by atoms with van der Waals surface area (Å²) in [7, 11) is 0. The van der Waals surface area contributed by atoms with E-state index < -0.39 is 0 Å². The first-order valence-electron chi connectivity index (χ1n) is 22.8. The van der Waals surface area contributed by atoms with Crippen molar-refractivity contribution in [3.63, 3.8) is 0 Å². The van der Waals surface area contributed by atoms with Crippen LogP contribution < -0.4 is 0 Å². The van der Waals surface area contributed by atoms with E-state index in [2.05, 4.69) is 218 Å². The van der Waals surface area contributed by atoms with E-state index in [-0.39, 0.29) is 11.8 Å². The Morgan fingerprint density at radius 1 is 0.348 bits per heavy atom. The number of para-hydroxylation sites is 1. The predicted octanol–water partition coefficient (Wildman–Crippen LogP) is 16.3. The third kappa shape index (κ3) is 5.66. The molecule has 0 N–H and O–H groups in total. The first-order valence-corrected chi connectivity index (χ1v) is 22.8. The molecule has 12 aromatic rings. The van der Waals surface area contributed by atoms with Gasteiger partial charge < -0.3 is 0 Å². The maximum Gasteiger partial charge on any atom is 0.0972 e. The first kappa shape index (κ1) is 36.9. The van der Waals surface area contributed by atoms with Crippen molar-refractivity contribution in [3.8, 4) is 44.8 Å². The Morgan fingerprint density at radius 3 is 1.74 bits per heavy atom. The summed E-state index contributed by atoms with van der Waals surface area (Å²) in [6.45, 7) is 0. The highest BCUT2D eigenvalue weighted by atomic mass is 14.8. The molecule has 66 heavy (non-hydrogen) atoms. The molecule has 3 aromatic heterocycles. The maximum atomic E-state index is 5.46. The topological polar surface area (TPSA) is 38.7 Å². The van der Waals surface area contributed by atoms with E-state index in [0.29, 0.717) is 0 Å². The number of aromatic nitrogens is 3. The van der Waals surface area contributed by atoms with Gasteiger partial charge in [-0.05, 0) is 90.8 Å². The molecule has 0 bridgehead atoms. The van der Waals surface area contributed by atoms with Crippen molar-refractivity contribution < 1.29 is 0 Å². The second kappa shape index (κ2) is 14.5. The number of allylic oxidation sites excluding steroid dienone is 4. The van der Waals surface area contributed by atoms with Gasteiger partial charge in [0.15, 0.2) is 0 Å². The lowest BCUT2D eigenvalue weighted by Gasteiger charge is -2.35. The van der Waals surface area contributed by atoms with E-state index in [9.17, 15) is 0 Å². The molecule has 3 heteroatoms. The summed E-state index contributed by atoms with van der Waals surface area (Å²) < 4.78 is 0. The molecule has 3 heterocycles. The second-order valence-electron chi connectivity index (χ2n) is 17.8. The fraction of sp³-hybridized carbons (Fsp3) is 0.0317. The van der Waals surface area contributed by atoms with Gasteiger partial charge in [-0.1, -0.05) is 194 Å². The van der Waals surface area contributed by atoms with Gasteiger partial charge in [0.05, 0.1) is 33.6 Å². The number of fused-ring (bicyclic) bond motifs is 17. The molecule has 0 radical (unpaired) electrons. The zero-order valence-electron chi connectivity index (χ0n) is 35.9. The van der Waals surface area contributed by atoms with Crippen molar-refractivity contribution in [3.05, 3.63) is 241 Å². The molecule has 0 saturated carbocycles. The number of benzene rings is 9. The Morgan fingerprint density at radius 2 is 0.939 bits per heavy atom. The van der Waals surface area contributed by atoms with E-state index in [0.717, 1.165) is 61.1 Å². The van der Waals surface area contributed by atoms with Crippen LogP contribution in [0.1, 0.15) is 28.7 Å². The minimum atomic E-state index is 0.175. The van der Waals surface area contributed by atoms with Gasteiger partial charge in [-0.15, -0.1) is 0 Å². The molecule has 0 fully saturated rings. The average molecular weight is 838 g/mol. The van der Waals surface area contributed by atoms with Crippen LogP contribution in [0.4, 0.5) is 0 Å². The van der Waals surface area contributed by atoms with Crippen LogP contribution in [0, 0.1) is 0 Å². The number of rotatable bonds is 4.